The molecular formula is C19H24N4O5S. The lowest BCUT2D eigenvalue weighted by molar-refractivity contribution is -0.116. The molecular weight excluding hydrogens is 396 g/mol. The molecule has 1 aromatic carbocycles. The molecule has 0 aliphatic carbocycles. The summed E-state index contributed by atoms with van der Waals surface area (Å²) in [7, 11) is -3.20. The van der Waals surface area contributed by atoms with Crippen LogP contribution in [0, 0.1) is 0 Å². The van der Waals surface area contributed by atoms with Crippen LogP contribution in [0.2, 0.25) is 0 Å². The number of aromatic nitrogens is 2. The summed E-state index contributed by atoms with van der Waals surface area (Å²) in [5.41, 5.74) is 1.73. The third kappa shape index (κ3) is 5.35. The number of hydrogen-bond acceptors (Lipinski definition) is 6. The molecule has 2 aromatic rings. The Bertz CT molecular complexity index is 982. The van der Waals surface area contributed by atoms with E-state index in [0.717, 1.165) is 5.56 Å². The van der Waals surface area contributed by atoms with Crippen molar-refractivity contribution in [2.24, 2.45) is 0 Å². The number of amides is 1. The summed E-state index contributed by atoms with van der Waals surface area (Å²) < 4.78 is 30.4. The first kappa shape index (κ1) is 20.8. The zero-order valence-corrected chi connectivity index (χ0v) is 17.2. The number of H-pyrrole nitrogens is 1. The van der Waals surface area contributed by atoms with Gasteiger partial charge >= 0.3 is 5.97 Å². The summed E-state index contributed by atoms with van der Waals surface area (Å²) in [4.78, 5) is 23.9. The average Bonchev–Trinajstić information content (AvgIpc) is 3.26. The summed E-state index contributed by atoms with van der Waals surface area (Å²) in [6.45, 7) is 3.99. The summed E-state index contributed by atoms with van der Waals surface area (Å²) in [5.74, 6) is -0.348. The topological polar surface area (TPSA) is 121 Å². The molecule has 10 heteroatoms. The lowest BCUT2D eigenvalue weighted by Gasteiger charge is -2.17. The van der Waals surface area contributed by atoms with Gasteiger partial charge in [0.15, 0.2) is 5.82 Å². The zero-order valence-electron chi connectivity index (χ0n) is 16.3. The predicted octanol–water partition coefficient (Wildman–Crippen LogP) is 2.09. The van der Waals surface area contributed by atoms with E-state index in [1.807, 2.05) is 12.1 Å². The number of carbonyl (C=O) groups excluding carboxylic acids is 2. The highest BCUT2D eigenvalue weighted by molar-refractivity contribution is 7.93. The number of nitrogens with one attached hydrogen (secondary N) is 2. The van der Waals surface area contributed by atoms with Gasteiger partial charge in [-0.15, -0.1) is 0 Å². The van der Waals surface area contributed by atoms with Gasteiger partial charge in [0.2, 0.25) is 15.9 Å². The number of sulfonamides is 1. The van der Waals surface area contributed by atoms with Crippen molar-refractivity contribution >= 4 is 33.4 Å². The van der Waals surface area contributed by atoms with Crippen molar-refractivity contribution in [1.29, 1.82) is 0 Å². The second-order valence-corrected chi connectivity index (χ2v) is 9.09. The number of rotatable bonds is 7. The number of esters is 1. The van der Waals surface area contributed by atoms with E-state index < -0.39 is 16.0 Å². The monoisotopic (exact) mass is 420 g/mol. The van der Waals surface area contributed by atoms with Crippen LogP contribution in [-0.4, -0.2) is 48.9 Å². The van der Waals surface area contributed by atoms with Gasteiger partial charge in [-0.1, -0.05) is 12.1 Å². The minimum Gasteiger partial charge on any atom is -0.458 e. The Labute approximate surface area is 169 Å². The van der Waals surface area contributed by atoms with E-state index in [-0.39, 0.29) is 35.7 Å². The highest BCUT2D eigenvalue weighted by Gasteiger charge is 2.28. The number of ether oxygens (including phenoxy) is 1. The molecule has 0 bridgehead atoms. The number of carbonyl (C=O) groups is 2. The summed E-state index contributed by atoms with van der Waals surface area (Å²) in [6, 6.07) is 8.59. The Morgan fingerprint density at radius 3 is 2.62 bits per heavy atom. The van der Waals surface area contributed by atoms with Crippen LogP contribution in [-0.2, 0) is 26.0 Å². The molecule has 29 heavy (non-hydrogen) atoms. The van der Waals surface area contributed by atoms with Crippen molar-refractivity contribution < 1.29 is 22.7 Å². The van der Waals surface area contributed by atoms with Crippen LogP contribution in [0.5, 0.6) is 0 Å². The van der Waals surface area contributed by atoms with Gasteiger partial charge in [0.25, 0.3) is 0 Å². The Kier molecular flexibility index (Phi) is 6.21. The van der Waals surface area contributed by atoms with E-state index in [4.69, 9.17) is 4.74 Å². The van der Waals surface area contributed by atoms with E-state index in [2.05, 4.69) is 15.5 Å². The summed E-state index contributed by atoms with van der Waals surface area (Å²) in [6.07, 6.45) is 1.10. The van der Waals surface area contributed by atoms with Crippen LogP contribution < -0.4 is 9.62 Å². The SMILES string of the molecule is CC(C)OC(=O)c1cc(NC(=O)CCc2ccc(N3CCCS3(=O)=O)cc2)n[nH]1. The normalized spacial score (nSPS) is 15.5. The molecule has 0 atom stereocenters. The number of aryl methyl sites for hydroxylation is 1. The van der Waals surface area contributed by atoms with Crippen LogP contribution in [0.3, 0.4) is 0 Å². The van der Waals surface area contributed by atoms with Gasteiger partial charge in [-0.2, -0.15) is 5.10 Å². The second-order valence-electron chi connectivity index (χ2n) is 7.08. The van der Waals surface area contributed by atoms with Gasteiger partial charge in [-0.25, -0.2) is 13.2 Å². The zero-order chi connectivity index (χ0) is 21.0. The number of nitrogens with zero attached hydrogens (tertiary/aromatic N) is 2. The van der Waals surface area contributed by atoms with E-state index in [1.165, 1.54) is 10.4 Å². The van der Waals surface area contributed by atoms with Crippen LogP contribution >= 0.6 is 0 Å². The lowest BCUT2D eigenvalue weighted by Crippen LogP contribution is -2.24. The van der Waals surface area contributed by atoms with Crippen molar-refractivity contribution in [3.05, 3.63) is 41.6 Å². The van der Waals surface area contributed by atoms with Crippen molar-refractivity contribution in [2.75, 3.05) is 21.9 Å². The van der Waals surface area contributed by atoms with Gasteiger partial charge in [-0.05, 0) is 44.4 Å². The van der Waals surface area contributed by atoms with Crippen molar-refractivity contribution in [2.45, 2.75) is 39.2 Å². The fourth-order valence-corrected chi connectivity index (χ4v) is 4.55. The first-order valence-corrected chi connectivity index (χ1v) is 11.0. The standard InChI is InChI=1S/C19H24N4O5S/c1-13(2)28-19(25)16-12-17(22-21-16)20-18(24)9-6-14-4-7-15(8-5-14)23-10-3-11-29(23,26)27/h4-5,7-8,12-13H,3,6,9-11H2,1-2H3,(H2,20,21,22,24). The smallest absolute Gasteiger partial charge is 0.356 e. The first-order valence-electron chi connectivity index (χ1n) is 9.40. The molecule has 0 spiro atoms. The maximum absolute atomic E-state index is 12.1. The Hall–Kier alpha value is -2.88. The quantitative estimate of drug-likeness (QED) is 0.662. The van der Waals surface area contributed by atoms with Gasteiger partial charge in [0.05, 0.1) is 17.5 Å². The molecule has 1 aromatic heterocycles. The van der Waals surface area contributed by atoms with Crippen LogP contribution in [0.4, 0.5) is 11.5 Å². The average molecular weight is 420 g/mol. The van der Waals surface area contributed by atoms with Crippen LogP contribution in [0.1, 0.15) is 42.7 Å². The minimum atomic E-state index is -3.20. The van der Waals surface area contributed by atoms with E-state index >= 15 is 0 Å². The summed E-state index contributed by atoms with van der Waals surface area (Å²) in [5, 5.41) is 9.06. The number of aromatic amines is 1. The number of anilines is 2. The third-order valence-electron chi connectivity index (χ3n) is 4.37. The molecule has 1 aliphatic rings. The second kappa shape index (κ2) is 8.64. The molecule has 1 fully saturated rings. The van der Waals surface area contributed by atoms with Crippen LogP contribution in [0.15, 0.2) is 30.3 Å². The minimum absolute atomic E-state index is 0.168. The Morgan fingerprint density at radius 1 is 1.28 bits per heavy atom. The Morgan fingerprint density at radius 2 is 2.00 bits per heavy atom. The summed E-state index contributed by atoms with van der Waals surface area (Å²) >= 11 is 0. The van der Waals surface area contributed by atoms with Crippen molar-refractivity contribution in [3.8, 4) is 0 Å². The van der Waals surface area contributed by atoms with Gasteiger partial charge < -0.3 is 10.1 Å². The maximum Gasteiger partial charge on any atom is 0.356 e. The molecule has 1 saturated heterocycles. The predicted molar refractivity (Wildman–Crippen MR) is 108 cm³/mol. The molecule has 3 rings (SSSR count). The molecule has 0 radical (unpaired) electrons. The van der Waals surface area contributed by atoms with Crippen LogP contribution in [0.25, 0.3) is 0 Å². The largest absolute Gasteiger partial charge is 0.458 e. The van der Waals surface area contributed by atoms with E-state index in [0.29, 0.717) is 25.1 Å². The van der Waals surface area contributed by atoms with Gasteiger partial charge in [0.1, 0.15) is 5.69 Å². The molecule has 2 heterocycles. The molecule has 2 N–H and O–H groups in total. The molecule has 9 nitrogen and oxygen atoms in total. The molecule has 0 unspecified atom stereocenters. The first-order chi connectivity index (χ1) is 13.7. The van der Waals surface area contributed by atoms with Gasteiger partial charge in [0, 0.05) is 19.0 Å². The van der Waals surface area contributed by atoms with E-state index in [1.54, 1.807) is 26.0 Å². The fraction of sp³-hybridized carbons (Fsp3) is 0.421. The third-order valence-corrected chi connectivity index (χ3v) is 6.24. The fourth-order valence-electron chi connectivity index (χ4n) is 2.99. The lowest BCUT2D eigenvalue weighted by atomic mass is 10.1. The maximum atomic E-state index is 12.1. The van der Waals surface area contributed by atoms with Crippen molar-refractivity contribution in [3.63, 3.8) is 0 Å². The molecule has 1 aliphatic heterocycles. The number of benzene rings is 1. The molecule has 156 valence electrons. The number of hydrogen-bond donors (Lipinski definition) is 2. The highest BCUT2D eigenvalue weighted by Crippen LogP contribution is 2.24. The molecule has 1 amide bonds. The Balaban J connectivity index is 1.51. The van der Waals surface area contributed by atoms with Gasteiger partial charge in [-0.3, -0.25) is 14.2 Å². The highest BCUT2D eigenvalue weighted by atomic mass is 32.2. The van der Waals surface area contributed by atoms with E-state index in [9.17, 15) is 18.0 Å². The molecule has 0 saturated carbocycles. The van der Waals surface area contributed by atoms with Crippen molar-refractivity contribution in [1.82, 2.24) is 10.2 Å².